The molecule has 2 atom stereocenters. The van der Waals surface area contributed by atoms with E-state index in [4.69, 9.17) is 0 Å². The van der Waals surface area contributed by atoms with Gasteiger partial charge < -0.3 is 10.6 Å². The Kier molecular flexibility index (Phi) is 21.0. The van der Waals surface area contributed by atoms with Gasteiger partial charge in [-0.15, -0.1) is 0 Å². The molecule has 0 aromatic heterocycles. The van der Waals surface area contributed by atoms with Gasteiger partial charge in [-0.1, -0.05) is 141 Å². The second kappa shape index (κ2) is 24.7. The summed E-state index contributed by atoms with van der Waals surface area (Å²) >= 11 is 0. The van der Waals surface area contributed by atoms with Crippen molar-refractivity contribution < 1.29 is 19.2 Å². The zero-order valence-electron chi connectivity index (χ0n) is 30.0. The topological polar surface area (TPSA) is 116 Å². The Bertz CT molecular complexity index is 1090. The monoisotopic (exact) mass is 662 g/mol. The van der Waals surface area contributed by atoms with Gasteiger partial charge in [0.05, 0.1) is 12.1 Å². The van der Waals surface area contributed by atoms with E-state index in [1.165, 1.54) is 64.2 Å². The van der Waals surface area contributed by atoms with Crippen molar-refractivity contribution in [1.82, 2.24) is 21.3 Å². The Labute approximate surface area is 290 Å². The van der Waals surface area contributed by atoms with Crippen molar-refractivity contribution >= 4 is 23.6 Å². The van der Waals surface area contributed by atoms with Gasteiger partial charge in [0.1, 0.15) is 0 Å². The predicted molar refractivity (Wildman–Crippen MR) is 196 cm³/mol. The summed E-state index contributed by atoms with van der Waals surface area (Å²) < 4.78 is 0. The van der Waals surface area contributed by atoms with Crippen LogP contribution in [-0.2, 0) is 9.59 Å². The van der Waals surface area contributed by atoms with Crippen LogP contribution in [0.4, 0.5) is 0 Å². The van der Waals surface area contributed by atoms with E-state index in [1.54, 1.807) is 48.5 Å². The van der Waals surface area contributed by atoms with Crippen LogP contribution < -0.4 is 21.3 Å². The van der Waals surface area contributed by atoms with Gasteiger partial charge in [0, 0.05) is 11.1 Å². The van der Waals surface area contributed by atoms with E-state index in [1.807, 2.05) is 39.8 Å². The van der Waals surface area contributed by atoms with Crippen molar-refractivity contribution in [1.29, 1.82) is 0 Å². The molecule has 0 aliphatic carbocycles. The van der Waals surface area contributed by atoms with E-state index in [9.17, 15) is 19.2 Å². The first kappa shape index (κ1) is 40.8. The summed E-state index contributed by atoms with van der Waals surface area (Å²) in [6.45, 7) is 9.54. The van der Waals surface area contributed by atoms with Crippen molar-refractivity contribution in [3.63, 3.8) is 0 Å². The molecule has 4 amide bonds. The van der Waals surface area contributed by atoms with Crippen molar-refractivity contribution in [2.24, 2.45) is 11.8 Å². The number of carbonyl (C=O) groups excluding carboxylic acids is 4. The summed E-state index contributed by atoms with van der Waals surface area (Å²) in [7, 11) is 0. The molecule has 4 N–H and O–H groups in total. The minimum Gasteiger partial charge on any atom is -0.306 e. The number of nitrogens with one attached hydrogen (secondary N) is 4. The summed E-state index contributed by atoms with van der Waals surface area (Å²) in [6, 6.07) is 16.9. The molecule has 0 heterocycles. The number of hydrogen-bond donors (Lipinski definition) is 4. The Morgan fingerprint density at radius 2 is 0.708 bits per heavy atom. The van der Waals surface area contributed by atoms with Gasteiger partial charge in [0.2, 0.25) is 11.8 Å². The molecule has 8 nitrogen and oxygen atoms in total. The van der Waals surface area contributed by atoms with Gasteiger partial charge in [-0.25, -0.2) is 0 Å². The van der Waals surface area contributed by atoms with Gasteiger partial charge in [0.15, 0.2) is 0 Å². The van der Waals surface area contributed by atoms with Gasteiger partial charge >= 0.3 is 0 Å². The molecule has 2 aromatic carbocycles. The highest BCUT2D eigenvalue weighted by atomic mass is 16.2. The zero-order chi connectivity index (χ0) is 35.0. The van der Waals surface area contributed by atoms with Crippen LogP contribution in [0.5, 0.6) is 0 Å². The maximum Gasteiger partial charge on any atom is 0.257 e. The molecule has 0 spiro atoms. The van der Waals surface area contributed by atoms with E-state index in [0.29, 0.717) is 11.1 Å². The zero-order valence-corrected chi connectivity index (χ0v) is 30.0. The number of amides is 4. The molecule has 8 heteroatoms. The molecule has 48 heavy (non-hydrogen) atoms. The molecule has 0 bridgehead atoms. The highest BCUT2D eigenvalue weighted by Gasteiger charge is 2.24. The van der Waals surface area contributed by atoms with Crippen LogP contribution in [0.3, 0.4) is 0 Å². The summed E-state index contributed by atoms with van der Waals surface area (Å²) in [5.74, 6) is -1.03. The second-order valence-corrected chi connectivity index (χ2v) is 13.7. The molecule has 0 radical (unpaired) electrons. The van der Waals surface area contributed by atoms with Crippen LogP contribution in [0.25, 0.3) is 0 Å². The van der Waals surface area contributed by atoms with Crippen molar-refractivity contribution in [2.75, 3.05) is 13.1 Å². The SMILES string of the molecule is CC(C)C(NCCCCCCCCCCCCCCCCNC(C(=O)NC(=O)c1ccccc1)C(C)C)C(=O)NC(=O)c1ccccc1. The highest BCUT2D eigenvalue weighted by molar-refractivity contribution is 6.06. The van der Waals surface area contributed by atoms with E-state index >= 15 is 0 Å². The summed E-state index contributed by atoms with van der Waals surface area (Å²) in [5.41, 5.74) is 0.983. The number of hydrogen-bond acceptors (Lipinski definition) is 6. The first-order valence-electron chi connectivity index (χ1n) is 18.5. The van der Waals surface area contributed by atoms with Crippen molar-refractivity contribution in [3.05, 3.63) is 71.8 Å². The van der Waals surface area contributed by atoms with Crippen LogP contribution in [0.15, 0.2) is 60.7 Å². The average Bonchev–Trinajstić information content (AvgIpc) is 3.07. The Morgan fingerprint density at radius 3 is 0.979 bits per heavy atom. The van der Waals surface area contributed by atoms with Crippen LogP contribution in [-0.4, -0.2) is 48.8 Å². The first-order chi connectivity index (χ1) is 23.2. The minimum absolute atomic E-state index is 0.0973. The Morgan fingerprint density at radius 1 is 0.438 bits per heavy atom. The quantitative estimate of drug-likeness (QED) is 0.0815. The molecular weight excluding hydrogens is 600 g/mol. The minimum atomic E-state index is -0.378. The molecule has 2 rings (SSSR count). The standard InChI is InChI=1S/C40H62N4O4/c1-31(2)35(39(47)43-37(45)33-25-19-17-20-26-33)41-29-23-15-13-11-9-7-5-6-8-10-12-14-16-24-30-42-36(32(3)4)40(48)44-38(46)34-27-21-18-22-28-34/h17-22,25-28,31-32,35-36,41-42H,5-16,23-24,29-30H2,1-4H3,(H,43,45,47)(H,44,46,48). The van der Waals surface area contributed by atoms with Crippen LogP contribution >= 0.6 is 0 Å². The molecule has 266 valence electrons. The third kappa shape index (κ3) is 17.2. The summed E-state index contributed by atoms with van der Waals surface area (Å²) in [6.07, 6.45) is 17.1. The molecule has 2 aromatic rings. The summed E-state index contributed by atoms with van der Waals surface area (Å²) in [5, 5.41) is 11.8. The van der Waals surface area contributed by atoms with Gasteiger partial charge in [-0.3, -0.25) is 29.8 Å². The lowest BCUT2D eigenvalue weighted by molar-refractivity contribution is -0.124. The third-order valence-corrected chi connectivity index (χ3v) is 8.78. The van der Waals surface area contributed by atoms with E-state index in [-0.39, 0.29) is 47.5 Å². The van der Waals surface area contributed by atoms with Crippen molar-refractivity contribution in [2.45, 2.75) is 130 Å². The third-order valence-electron chi connectivity index (χ3n) is 8.78. The van der Waals surface area contributed by atoms with Gasteiger partial charge in [0.25, 0.3) is 11.8 Å². The van der Waals surface area contributed by atoms with E-state index in [0.717, 1.165) is 38.8 Å². The highest BCUT2D eigenvalue weighted by Crippen LogP contribution is 2.13. The van der Waals surface area contributed by atoms with Gasteiger partial charge in [-0.05, 0) is 62.0 Å². The van der Waals surface area contributed by atoms with Crippen LogP contribution in [0, 0.1) is 11.8 Å². The smallest absolute Gasteiger partial charge is 0.257 e. The second-order valence-electron chi connectivity index (χ2n) is 13.7. The number of imide groups is 2. The van der Waals surface area contributed by atoms with E-state index < -0.39 is 0 Å². The maximum absolute atomic E-state index is 12.7. The first-order valence-corrected chi connectivity index (χ1v) is 18.5. The number of rotatable bonds is 25. The molecule has 2 unspecified atom stereocenters. The van der Waals surface area contributed by atoms with E-state index in [2.05, 4.69) is 21.3 Å². The van der Waals surface area contributed by atoms with Crippen LogP contribution in [0.1, 0.15) is 138 Å². The Balaban J connectivity index is 1.40. The normalized spacial score (nSPS) is 12.5. The lowest BCUT2D eigenvalue weighted by Crippen LogP contribution is -2.49. The summed E-state index contributed by atoms with van der Waals surface area (Å²) in [4.78, 5) is 50.0. The van der Waals surface area contributed by atoms with Crippen LogP contribution in [0.2, 0.25) is 0 Å². The lowest BCUT2D eigenvalue weighted by Gasteiger charge is -2.21. The molecule has 0 aliphatic heterocycles. The van der Waals surface area contributed by atoms with Gasteiger partial charge in [-0.2, -0.15) is 0 Å². The number of unbranched alkanes of at least 4 members (excludes halogenated alkanes) is 13. The molecular formula is C40H62N4O4. The fraction of sp³-hybridized carbons (Fsp3) is 0.600. The maximum atomic E-state index is 12.7. The lowest BCUT2D eigenvalue weighted by atomic mass is 10.0. The fourth-order valence-corrected chi connectivity index (χ4v) is 5.85. The Hall–Kier alpha value is -3.36. The fourth-order valence-electron chi connectivity index (χ4n) is 5.85. The molecule has 0 saturated heterocycles. The molecule has 0 fully saturated rings. The average molecular weight is 663 g/mol. The van der Waals surface area contributed by atoms with Crippen molar-refractivity contribution in [3.8, 4) is 0 Å². The molecule has 0 aliphatic rings. The predicted octanol–water partition coefficient (Wildman–Crippen LogP) is 7.59. The molecule has 0 saturated carbocycles. The largest absolute Gasteiger partial charge is 0.306 e. The number of carbonyl (C=O) groups is 4. The number of benzene rings is 2.